The molecule has 0 spiro atoms. The molecule has 2 atom stereocenters. The number of carbonyl (C=O) groups is 1. The van der Waals surface area contributed by atoms with Gasteiger partial charge in [-0.3, -0.25) is 14.9 Å². The molecule has 0 aromatic carbocycles. The summed E-state index contributed by atoms with van der Waals surface area (Å²) in [5.74, 6) is 4.05. The first-order valence-electron chi connectivity index (χ1n) is 9.34. The second-order valence-electron chi connectivity index (χ2n) is 7.84. The molecule has 2 aromatic rings. The first-order valence-corrected chi connectivity index (χ1v) is 9.34. The zero-order valence-corrected chi connectivity index (χ0v) is 14.5. The van der Waals surface area contributed by atoms with Crippen LogP contribution in [0.25, 0.3) is 0 Å². The van der Waals surface area contributed by atoms with Crippen molar-refractivity contribution in [3.63, 3.8) is 0 Å². The van der Waals surface area contributed by atoms with E-state index in [9.17, 15) is 4.79 Å². The number of rotatable bonds is 4. The monoisotopic (exact) mass is 337 g/mol. The highest BCUT2D eigenvalue weighted by Gasteiger charge is 2.46. The van der Waals surface area contributed by atoms with Crippen molar-refractivity contribution in [2.75, 3.05) is 13.1 Å². The van der Waals surface area contributed by atoms with E-state index in [0.717, 1.165) is 36.2 Å². The number of H-pyrrole nitrogens is 1. The summed E-state index contributed by atoms with van der Waals surface area (Å²) < 4.78 is 0. The van der Waals surface area contributed by atoms with Gasteiger partial charge in [-0.2, -0.15) is 5.10 Å². The van der Waals surface area contributed by atoms with Gasteiger partial charge in [-0.15, -0.1) is 0 Å². The third kappa shape index (κ3) is 2.73. The van der Waals surface area contributed by atoms with E-state index in [2.05, 4.69) is 15.2 Å². The fourth-order valence-corrected chi connectivity index (χ4v) is 4.12. The van der Waals surface area contributed by atoms with E-state index in [-0.39, 0.29) is 11.8 Å². The molecule has 0 bridgehead atoms. The van der Waals surface area contributed by atoms with Gasteiger partial charge in [0.15, 0.2) is 5.82 Å². The Labute approximate surface area is 147 Å². The number of aromatic amines is 1. The number of nitrogens with one attached hydrogen (secondary N) is 1. The Morgan fingerprint density at radius 2 is 2.08 bits per heavy atom. The predicted octanol–water partition coefficient (Wildman–Crippen LogP) is 2.65. The molecule has 3 fully saturated rings. The summed E-state index contributed by atoms with van der Waals surface area (Å²) in [4.78, 5) is 24.0. The maximum Gasteiger partial charge on any atom is 0.272 e. The second-order valence-corrected chi connectivity index (χ2v) is 7.84. The SMILES string of the molecule is Cc1cccnc1C(=O)N1C[C@H](c2nc(C3CC3)n[nH]2)[C@@H](C2CC2)C1. The summed E-state index contributed by atoms with van der Waals surface area (Å²) >= 11 is 0. The van der Waals surface area contributed by atoms with Crippen LogP contribution in [0.3, 0.4) is 0 Å². The lowest BCUT2D eigenvalue weighted by molar-refractivity contribution is 0.0778. The van der Waals surface area contributed by atoms with Gasteiger partial charge >= 0.3 is 0 Å². The number of pyridine rings is 1. The van der Waals surface area contributed by atoms with Crippen LogP contribution in [-0.4, -0.2) is 44.1 Å². The Morgan fingerprint density at radius 3 is 2.80 bits per heavy atom. The molecule has 3 heterocycles. The van der Waals surface area contributed by atoms with E-state index in [0.29, 0.717) is 17.5 Å². The van der Waals surface area contributed by atoms with Gasteiger partial charge in [0.05, 0.1) is 0 Å². The van der Waals surface area contributed by atoms with Gasteiger partial charge in [-0.25, -0.2) is 4.98 Å². The molecule has 6 nitrogen and oxygen atoms in total. The molecule has 5 rings (SSSR count). The Bertz CT molecular complexity index is 808. The molecule has 6 heteroatoms. The molecule has 1 N–H and O–H groups in total. The molecule has 1 saturated heterocycles. The van der Waals surface area contributed by atoms with E-state index < -0.39 is 0 Å². The molecular formula is C19H23N5O. The van der Waals surface area contributed by atoms with Crippen molar-refractivity contribution < 1.29 is 4.79 Å². The van der Waals surface area contributed by atoms with Gasteiger partial charge < -0.3 is 4.90 Å². The predicted molar refractivity (Wildman–Crippen MR) is 92.2 cm³/mol. The van der Waals surface area contributed by atoms with E-state index in [1.165, 1.54) is 25.7 Å². The van der Waals surface area contributed by atoms with Crippen molar-refractivity contribution in [2.45, 2.75) is 44.4 Å². The van der Waals surface area contributed by atoms with Gasteiger partial charge in [0.25, 0.3) is 5.91 Å². The van der Waals surface area contributed by atoms with E-state index in [1.807, 2.05) is 24.0 Å². The molecule has 130 valence electrons. The number of hydrogen-bond acceptors (Lipinski definition) is 4. The third-order valence-electron chi connectivity index (χ3n) is 5.91. The van der Waals surface area contributed by atoms with E-state index in [4.69, 9.17) is 4.98 Å². The maximum atomic E-state index is 13.0. The van der Waals surface area contributed by atoms with E-state index >= 15 is 0 Å². The lowest BCUT2D eigenvalue weighted by atomic mass is 9.91. The molecule has 2 saturated carbocycles. The van der Waals surface area contributed by atoms with Gasteiger partial charge in [-0.1, -0.05) is 6.07 Å². The molecule has 2 aromatic heterocycles. The summed E-state index contributed by atoms with van der Waals surface area (Å²) in [5.41, 5.74) is 1.52. The van der Waals surface area contributed by atoms with Crippen LogP contribution in [0.1, 0.15) is 65.2 Å². The largest absolute Gasteiger partial charge is 0.336 e. The molecule has 2 aliphatic carbocycles. The first-order chi connectivity index (χ1) is 12.2. The molecule has 1 amide bonds. The minimum absolute atomic E-state index is 0.0492. The Hall–Kier alpha value is -2.24. The number of aryl methyl sites for hydroxylation is 1. The molecule has 0 unspecified atom stereocenters. The van der Waals surface area contributed by atoms with Crippen LogP contribution in [-0.2, 0) is 0 Å². The Kier molecular flexibility index (Phi) is 3.40. The van der Waals surface area contributed by atoms with Crippen LogP contribution in [0, 0.1) is 18.8 Å². The summed E-state index contributed by atoms with van der Waals surface area (Å²) in [5, 5.41) is 7.60. The van der Waals surface area contributed by atoms with Crippen LogP contribution < -0.4 is 0 Å². The maximum absolute atomic E-state index is 13.0. The number of carbonyl (C=O) groups excluding carboxylic acids is 1. The van der Waals surface area contributed by atoms with Crippen LogP contribution >= 0.6 is 0 Å². The molecule has 3 aliphatic rings. The van der Waals surface area contributed by atoms with Crippen molar-refractivity contribution in [1.29, 1.82) is 0 Å². The van der Waals surface area contributed by atoms with Gasteiger partial charge in [0.1, 0.15) is 11.5 Å². The van der Waals surface area contributed by atoms with Crippen LogP contribution in [0.4, 0.5) is 0 Å². The number of likely N-dealkylation sites (tertiary alicyclic amines) is 1. The van der Waals surface area contributed by atoms with Crippen LogP contribution in [0.2, 0.25) is 0 Å². The van der Waals surface area contributed by atoms with Crippen LogP contribution in [0.15, 0.2) is 18.3 Å². The first kappa shape index (κ1) is 15.0. The minimum atomic E-state index is 0.0492. The zero-order valence-electron chi connectivity index (χ0n) is 14.5. The van der Waals surface area contributed by atoms with E-state index in [1.54, 1.807) is 6.20 Å². The molecule has 1 aliphatic heterocycles. The Morgan fingerprint density at radius 1 is 1.24 bits per heavy atom. The average molecular weight is 337 g/mol. The number of nitrogens with zero attached hydrogens (tertiary/aromatic N) is 4. The fraction of sp³-hybridized carbons (Fsp3) is 0.579. The summed E-state index contributed by atoms with van der Waals surface area (Å²) in [7, 11) is 0. The molecular weight excluding hydrogens is 314 g/mol. The lowest BCUT2D eigenvalue weighted by Crippen LogP contribution is -2.30. The highest BCUT2D eigenvalue weighted by Crippen LogP contribution is 2.47. The summed E-state index contributed by atoms with van der Waals surface area (Å²) in [6.07, 6.45) is 6.66. The second kappa shape index (κ2) is 5.64. The number of aromatic nitrogens is 4. The van der Waals surface area contributed by atoms with Crippen molar-refractivity contribution in [2.24, 2.45) is 11.8 Å². The van der Waals surface area contributed by atoms with Gasteiger partial charge in [0.2, 0.25) is 0 Å². The normalized spacial score (nSPS) is 26.2. The summed E-state index contributed by atoms with van der Waals surface area (Å²) in [6, 6.07) is 3.82. The molecule has 0 radical (unpaired) electrons. The standard InChI is InChI=1S/C19H23N5O/c1-11-3-2-8-20-16(11)19(25)24-9-14(12-4-5-12)15(10-24)18-21-17(22-23-18)13-6-7-13/h2-3,8,12-15H,4-7,9-10H2,1H3,(H,21,22,23)/t14-,15+/m1/s1. The zero-order chi connectivity index (χ0) is 17.0. The van der Waals surface area contributed by atoms with Crippen molar-refractivity contribution in [3.8, 4) is 0 Å². The smallest absolute Gasteiger partial charge is 0.272 e. The van der Waals surface area contributed by atoms with Gasteiger partial charge in [-0.05, 0) is 56.1 Å². The lowest BCUT2D eigenvalue weighted by Gasteiger charge is -2.16. The summed E-state index contributed by atoms with van der Waals surface area (Å²) in [6.45, 7) is 3.48. The number of hydrogen-bond donors (Lipinski definition) is 1. The topological polar surface area (TPSA) is 74.8 Å². The number of amides is 1. The third-order valence-corrected chi connectivity index (χ3v) is 5.91. The van der Waals surface area contributed by atoms with Crippen molar-refractivity contribution in [3.05, 3.63) is 41.2 Å². The fourth-order valence-electron chi connectivity index (χ4n) is 4.12. The average Bonchev–Trinajstić information content (AvgIpc) is 3.55. The molecule has 25 heavy (non-hydrogen) atoms. The minimum Gasteiger partial charge on any atom is -0.336 e. The Balaban J connectivity index is 1.40. The van der Waals surface area contributed by atoms with Gasteiger partial charge in [0, 0.05) is 31.1 Å². The highest BCUT2D eigenvalue weighted by atomic mass is 16.2. The van der Waals surface area contributed by atoms with Crippen molar-refractivity contribution in [1.82, 2.24) is 25.1 Å². The van der Waals surface area contributed by atoms with Crippen LogP contribution in [0.5, 0.6) is 0 Å². The quantitative estimate of drug-likeness (QED) is 0.931. The van der Waals surface area contributed by atoms with Crippen molar-refractivity contribution >= 4 is 5.91 Å². The highest BCUT2D eigenvalue weighted by molar-refractivity contribution is 5.93.